The van der Waals surface area contributed by atoms with Crippen molar-refractivity contribution in [1.82, 2.24) is 4.90 Å². The molecule has 2 unspecified atom stereocenters. The van der Waals surface area contributed by atoms with E-state index in [1.807, 2.05) is 38.1 Å². The van der Waals surface area contributed by atoms with Crippen molar-refractivity contribution in [3.05, 3.63) is 29.8 Å². The molecule has 0 aliphatic carbocycles. The molecule has 1 aromatic rings. The quantitative estimate of drug-likeness (QED) is 0.864. The van der Waals surface area contributed by atoms with Crippen LogP contribution in [-0.4, -0.2) is 31.0 Å². The van der Waals surface area contributed by atoms with Gasteiger partial charge in [0.25, 0.3) is 0 Å². The zero-order valence-electron chi connectivity index (χ0n) is 11.5. The SMILES string of the molecule is COc1cccc(CN(C)C(=O)C(C)C(C)N)c1. The second-order valence-corrected chi connectivity index (χ2v) is 4.69. The Morgan fingerprint density at radius 2 is 2.11 bits per heavy atom. The first kappa shape index (κ1) is 14.5. The molecule has 1 amide bonds. The van der Waals surface area contributed by atoms with Crippen molar-refractivity contribution in [2.45, 2.75) is 26.4 Å². The molecule has 4 heteroatoms. The summed E-state index contributed by atoms with van der Waals surface area (Å²) in [6.45, 7) is 4.27. The van der Waals surface area contributed by atoms with Crippen molar-refractivity contribution in [2.24, 2.45) is 11.7 Å². The van der Waals surface area contributed by atoms with Gasteiger partial charge in [-0.3, -0.25) is 4.79 Å². The summed E-state index contributed by atoms with van der Waals surface area (Å²) in [5, 5.41) is 0. The van der Waals surface area contributed by atoms with Gasteiger partial charge in [0, 0.05) is 19.6 Å². The monoisotopic (exact) mass is 250 g/mol. The molecule has 18 heavy (non-hydrogen) atoms. The van der Waals surface area contributed by atoms with Crippen LogP contribution in [0, 0.1) is 5.92 Å². The van der Waals surface area contributed by atoms with Crippen LogP contribution in [0.5, 0.6) is 5.75 Å². The molecule has 0 heterocycles. The van der Waals surface area contributed by atoms with Crippen LogP contribution in [0.2, 0.25) is 0 Å². The number of hydrogen-bond donors (Lipinski definition) is 1. The molecule has 1 rings (SSSR count). The van der Waals surface area contributed by atoms with Crippen LogP contribution in [0.4, 0.5) is 0 Å². The molecule has 2 atom stereocenters. The Morgan fingerprint density at radius 1 is 1.44 bits per heavy atom. The van der Waals surface area contributed by atoms with Gasteiger partial charge in [-0.25, -0.2) is 0 Å². The Balaban J connectivity index is 2.69. The third-order valence-electron chi connectivity index (χ3n) is 3.11. The molecular weight excluding hydrogens is 228 g/mol. The molecule has 0 aliphatic heterocycles. The van der Waals surface area contributed by atoms with Gasteiger partial charge in [-0.05, 0) is 24.6 Å². The first-order valence-electron chi connectivity index (χ1n) is 6.09. The van der Waals surface area contributed by atoms with Crippen LogP contribution in [0.25, 0.3) is 0 Å². The predicted octanol–water partition coefficient (Wildman–Crippen LogP) is 1.64. The van der Waals surface area contributed by atoms with E-state index in [0.717, 1.165) is 11.3 Å². The van der Waals surface area contributed by atoms with E-state index in [0.29, 0.717) is 6.54 Å². The third-order valence-corrected chi connectivity index (χ3v) is 3.11. The van der Waals surface area contributed by atoms with E-state index in [1.54, 1.807) is 19.1 Å². The highest BCUT2D eigenvalue weighted by molar-refractivity contribution is 5.78. The molecule has 0 saturated carbocycles. The van der Waals surface area contributed by atoms with Crippen molar-refractivity contribution in [3.8, 4) is 5.75 Å². The summed E-state index contributed by atoms with van der Waals surface area (Å²) in [7, 11) is 3.42. The minimum atomic E-state index is -0.166. The molecule has 2 N–H and O–H groups in total. The first-order valence-corrected chi connectivity index (χ1v) is 6.09. The molecule has 0 spiro atoms. The van der Waals surface area contributed by atoms with Gasteiger partial charge < -0.3 is 15.4 Å². The number of nitrogens with zero attached hydrogens (tertiary/aromatic N) is 1. The molecule has 1 aromatic carbocycles. The summed E-state index contributed by atoms with van der Waals surface area (Å²) < 4.78 is 5.16. The highest BCUT2D eigenvalue weighted by atomic mass is 16.5. The van der Waals surface area contributed by atoms with Gasteiger partial charge in [-0.1, -0.05) is 19.1 Å². The fourth-order valence-electron chi connectivity index (χ4n) is 1.70. The van der Waals surface area contributed by atoms with Crippen LogP contribution in [0.3, 0.4) is 0 Å². The number of rotatable bonds is 5. The molecular formula is C14H22N2O2. The van der Waals surface area contributed by atoms with E-state index in [-0.39, 0.29) is 17.9 Å². The van der Waals surface area contributed by atoms with Crippen LogP contribution in [0.1, 0.15) is 19.4 Å². The fraction of sp³-hybridized carbons (Fsp3) is 0.500. The molecule has 0 radical (unpaired) electrons. The summed E-state index contributed by atoms with van der Waals surface area (Å²) in [6, 6.07) is 7.57. The lowest BCUT2D eigenvalue weighted by atomic mass is 10.0. The second kappa shape index (κ2) is 6.40. The third kappa shape index (κ3) is 3.74. The van der Waals surface area contributed by atoms with Crippen LogP contribution >= 0.6 is 0 Å². The van der Waals surface area contributed by atoms with E-state index in [2.05, 4.69) is 0 Å². The summed E-state index contributed by atoms with van der Waals surface area (Å²) in [4.78, 5) is 13.8. The standard InChI is InChI=1S/C14H22N2O2/c1-10(11(2)15)14(17)16(3)9-12-6-5-7-13(8-12)18-4/h5-8,10-11H,9,15H2,1-4H3. The van der Waals surface area contributed by atoms with Crippen LogP contribution in [-0.2, 0) is 11.3 Å². The lowest BCUT2D eigenvalue weighted by Crippen LogP contribution is -2.39. The van der Waals surface area contributed by atoms with Crippen molar-refractivity contribution >= 4 is 5.91 Å². The zero-order valence-corrected chi connectivity index (χ0v) is 11.5. The maximum Gasteiger partial charge on any atom is 0.226 e. The Hall–Kier alpha value is -1.55. The highest BCUT2D eigenvalue weighted by Gasteiger charge is 2.20. The number of hydrogen-bond acceptors (Lipinski definition) is 3. The molecule has 0 bridgehead atoms. The summed E-state index contributed by atoms with van der Waals surface area (Å²) in [5.74, 6) is 0.696. The number of carbonyl (C=O) groups is 1. The number of carbonyl (C=O) groups excluding carboxylic acids is 1. The van der Waals surface area contributed by atoms with Gasteiger partial charge in [-0.15, -0.1) is 0 Å². The van der Waals surface area contributed by atoms with Crippen molar-refractivity contribution in [1.29, 1.82) is 0 Å². The molecule has 0 fully saturated rings. The molecule has 100 valence electrons. The van der Waals surface area contributed by atoms with E-state index in [9.17, 15) is 4.79 Å². The highest BCUT2D eigenvalue weighted by Crippen LogP contribution is 2.15. The van der Waals surface area contributed by atoms with Crippen molar-refractivity contribution in [3.63, 3.8) is 0 Å². The Labute approximate surface area is 109 Å². The maximum absolute atomic E-state index is 12.1. The molecule has 0 aliphatic rings. The lowest BCUT2D eigenvalue weighted by molar-refractivity contribution is -0.134. The summed E-state index contributed by atoms with van der Waals surface area (Å²) in [6.07, 6.45) is 0. The number of amides is 1. The molecule has 0 aromatic heterocycles. The van der Waals surface area contributed by atoms with E-state index < -0.39 is 0 Å². The molecule has 0 saturated heterocycles. The Kier molecular flexibility index (Phi) is 5.16. The van der Waals surface area contributed by atoms with E-state index in [1.165, 1.54) is 0 Å². The predicted molar refractivity (Wildman–Crippen MR) is 72.3 cm³/mol. The number of ether oxygens (including phenoxy) is 1. The van der Waals surface area contributed by atoms with Crippen molar-refractivity contribution in [2.75, 3.05) is 14.2 Å². The number of benzene rings is 1. The average Bonchev–Trinajstić information content (AvgIpc) is 2.36. The molecule has 4 nitrogen and oxygen atoms in total. The van der Waals surface area contributed by atoms with Gasteiger partial charge in [0.15, 0.2) is 0 Å². The second-order valence-electron chi connectivity index (χ2n) is 4.69. The van der Waals surface area contributed by atoms with Crippen molar-refractivity contribution < 1.29 is 9.53 Å². The zero-order chi connectivity index (χ0) is 13.7. The maximum atomic E-state index is 12.1. The van der Waals surface area contributed by atoms with Gasteiger partial charge in [-0.2, -0.15) is 0 Å². The Morgan fingerprint density at radius 3 is 2.67 bits per heavy atom. The van der Waals surface area contributed by atoms with Crippen LogP contribution in [0.15, 0.2) is 24.3 Å². The van der Waals surface area contributed by atoms with Gasteiger partial charge >= 0.3 is 0 Å². The lowest BCUT2D eigenvalue weighted by Gasteiger charge is -2.23. The number of nitrogens with two attached hydrogens (primary N) is 1. The van der Waals surface area contributed by atoms with Gasteiger partial charge in [0.1, 0.15) is 5.75 Å². The van der Waals surface area contributed by atoms with E-state index in [4.69, 9.17) is 10.5 Å². The normalized spacial score (nSPS) is 13.8. The van der Waals surface area contributed by atoms with Gasteiger partial charge in [0.2, 0.25) is 5.91 Å². The smallest absolute Gasteiger partial charge is 0.226 e. The minimum absolute atomic E-state index is 0.0628. The van der Waals surface area contributed by atoms with E-state index >= 15 is 0 Å². The Bertz CT molecular complexity index is 405. The fourth-order valence-corrected chi connectivity index (χ4v) is 1.70. The minimum Gasteiger partial charge on any atom is -0.497 e. The first-order chi connectivity index (χ1) is 8.45. The summed E-state index contributed by atoms with van der Waals surface area (Å²) in [5.41, 5.74) is 6.79. The average molecular weight is 250 g/mol. The summed E-state index contributed by atoms with van der Waals surface area (Å²) >= 11 is 0. The van der Waals surface area contributed by atoms with Crippen LogP contribution < -0.4 is 10.5 Å². The number of methoxy groups -OCH3 is 1. The largest absolute Gasteiger partial charge is 0.497 e. The van der Waals surface area contributed by atoms with Gasteiger partial charge in [0.05, 0.1) is 13.0 Å². The topological polar surface area (TPSA) is 55.6 Å².